The van der Waals surface area contributed by atoms with Gasteiger partial charge in [-0.15, -0.1) is 0 Å². The van der Waals surface area contributed by atoms with E-state index in [0.717, 1.165) is 29.9 Å². The van der Waals surface area contributed by atoms with Crippen LogP contribution in [0.15, 0.2) is 24.3 Å². The van der Waals surface area contributed by atoms with E-state index in [4.69, 9.17) is 9.47 Å². The molecule has 17 heavy (non-hydrogen) atoms. The lowest BCUT2D eigenvalue weighted by Crippen LogP contribution is -1.93. The van der Waals surface area contributed by atoms with Crippen molar-refractivity contribution in [1.29, 1.82) is 0 Å². The molecule has 0 amide bonds. The highest BCUT2D eigenvalue weighted by Gasteiger charge is 2.27. The molecule has 0 radical (unpaired) electrons. The number of carbonyl (C=O) groups is 1. The lowest BCUT2D eigenvalue weighted by atomic mass is 10.1. The third-order valence-electron chi connectivity index (χ3n) is 2.79. The van der Waals surface area contributed by atoms with Gasteiger partial charge in [-0.1, -0.05) is 6.08 Å². The van der Waals surface area contributed by atoms with Crippen LogP contribution in [0, 0.1) is 5.92 Å². The molecule has 90 valence electrons. The number of carbonyl (C=O) groups excluding carboxylic acids is 1. The molecule has 1 aliphatic rings. The largest absolute Gasteiger partial charge is 0.497 e. The molecule has 2 rings (SSSR count). The first-order valence-corrected chi connectivity index (χ1v) is 5.68. The van der Waals surface area contributed by atoms with E-state index >= 15 is 0 Å². The lowest BCUT2D eigenvalue weighted by molar-refractivity contribution is -0.115. The van der Waals surface area contributed by atoms with Crippen molar-refractivity contribution in [3.63, 3.8) is 0 Å². The van der Waals surface area contributed by atoms with Crippen LogP contribution in [0.2, 0.25) is 0 Å². The summed E-state index contributed by atoms with van der Waals surface area (Å²) in [6, 6.07) is 5.55. The van der Waals surface area contributed by atoms with Crippen molar-refractivity contribution in [2.24, 2.45) is 5.92 Å². The number of methoxy groups -OCH3 is 2. The number of ketones is 1. The Morgan fingerprint density at radius 2 is 1.76 bits per heavy atom. The number of allylic oxidation sites excluding steroid dienone is 1. The number of benzene rings is 1. The number of hydrogen-bond donors (Lipinski definition) is 0. The summed E-state index contributed by atoms with van der Waals surface area (Å²) in [6.07, 6.45) is 5.52. The second-order valence-corrected chi connectivity index (χ2v) is 4.16. The minimum atomic E-state index is 0.215. The second-order valence-electron chi connectivity index (χ2n) is 4.16. The molecule has 3 nitrogen and oxygen atoms in total. The fraction of sp³-hybridized carbons (Fsp3) is 0.357. The van der Waals surface area contributed by atoms with Crippen molar-refractivity contribution in [3.8, 4) is 11.5 Å². The first kappa shape index (κ1) is 11.7. The summed E-state index contributed by atoms with van der Waals surface area (Å²) in [5.41, 5.74) is 0.912. The van der Waals surface area contributed by atoms with E-state index in [1.807, 2.05) is 18.2 Å². The van der Waals surface area contributed by atoms with E-state index in [-0.39, 0.29) is 11.7 Å². The van der Waals surface area contributed by atoms with Gasteiger partial charge in [0.1, 0.15) is 11.5 Å². The van der Waals surface area contributed by atoms with Gasteiger partial charge < -0.3 is 9.47 Å². The van der Waals surface area contributed by atoms with Crippen molar-refractivity contribution < 1.29 is 14.3 Å². The van der Waals surface area contributed by atoms with Crippen molar-refractivity contribution in [3.05, 3.63) is 29.8 Å². The van der Waals surface area contributed by atoms with E-state index in [1.165, 1.54) is 0 Å². The molecule has 0 bridgehead atoms. The third kappa shape index (κ3) is 3.09. The van der Waals surface area contributed by atoms with Gasteiger partial charge in [-0.05, 0) is 36.6 Å². The SMILES string of the molecule is COc1cc(/C=C/C(=O)C2CC2)cc(OC)c1. The Bertz CT molecular complexity index is 423. The van der Waals surface area contributed by atoms with Crippen molar-refractivity contribution in [2.75, 3.05) is 14.2 Å². The Balaban J connectivity index is 2.15. The van der Waals surface area contributed by atoms with Gasteiger partial charge in [0.2, 0.25) is 0 Å². The highest BCUT2D eigenvalue weighted by molar-refractivity contribution is 5.96. The van der Waals surface area contributed by atoms with Crippen LogP contribution < -0.4 is 9.47 Å². The molecule has 0 N–H and O–H groups in total. The lowest BCUT2D eigenvalue weighted by Gasteiger charge is -2.05. The molecular formula is C14H16O3. The predicted molar refractivity (Wildman–Crippen MR) is 66.3 cm³/mol. The van der Waals surface area contributed by atoms with E-state index in [0.29, 0.717) is 0 Å². The molecule has 1 saturated carbocycles. The molecule has 0 spiro atoms. The van der Waals surface area contributed by atoms with Crippen LogP contribution in [-0.4, -0.2) is 20.0 Å². The summed E-state index contributed by atoms with van der Waals surface area (Å²) in [5.74, 6) is 1.93. The Kier molecular flexibility index (Phi) is 3.47. The normalized spacial score (nSPS) is 14.9. The van der Waals surface area contributed by atoms with Gasteiger partial charge in [0.05, 0.1) is 14.2 Å². The topological polar surface area (TPSA) is 35.5 Å². The van der Waals surface area contributed by atoms with Crippen LogP contribution >= 0.6 is 0 Å². The highest BCUT2D eigenvalue weighted by atomic mass is 16.5. The maximum Gasteiger partial charge on any atom is 0.158 e. The van der Waals surface area contributed by atoms with Crippen LogP contribution in [0.5, 0.6) is 11.5 Å². The molecule has 0 aromatic heterocycles. The molecule has 0 aliphatic heterocycles. The molecule has 1 aliphatic carbocycles. The van der Waals surface area contributed by atoms with Crippen LogP contribution in [-0.2, 0) is 4.79 Å². The molecule has 0 saturated heterocycles. The quantitative estimate of drug-likeness (QED) is 0.732. The van der Waals surface area contributed by atoms with E-state index in [2.05, 4.69) is 0 Å². The standard InChI is InChI=1S/C14H16O3/c1-16-12-7-10(8-13(9-12)17-2)3-6-14(15)11-4-5-11/h3,6-9,11H,4-5H2,1-2H3/b6-3+. The number of ether oxygens (including phenoxy) is 2. The molecule has 1 aromatic carbocycles. The maximum absolute atomic E-state index is 11.5. The number of rotatable bonds is 5. The molecular weight excluding hydrogens is 216 g/mol. The first-order chi connectivity index (χ1) is 8.22. The summed E-state index contributed by atoms with van der Waals surface area (Å²) in [4.78, 5) is 11.5. The minimum absolute atomic E-state index is 0.215. The smallest absolute Gasteiger partial charge is 0.158 e. The van der Waals surface area contributed by atoms with Crippen molar-refractivity contribution in [2.45, 2.75) is 12.8 Å². The zero-order valence-electron chi connectivity index (χ0n) is 10.1. The summed E-state index contributed by atoms with van der Waals surface area (Å²) in [7, 11) is 3.22. The monoisotopic (exact) mass is 232 g/mol. The van der Waals surface area contributed by atoms with E-state index in [9.17, 15) is 4.79 Å². The van der Waals surface area contributed by atoms with Gasteiger partial charge in [-0.3, -0.25) is 4.79 Å². The van der Waals surface area contributed by atoms with Gasteiger partial charge in [0, 0.05) is 12.0 Å². The van der Waals surface area contributed by atoms with Crippen LogP contribution in [0.4, 0.5) is 0 Å². The number of hydrogen-bond acceptors (Lipinski definition) is 3. The predicted octanol–water partition coefficient (Wildman–Crippen LogP) is 2.70. The summed E-state index contributed by atoms with van der Waals surface area (Å²) < 4.78 is 10.3. The third-order valence-corrected chi connectivity index (χ3v) is 2.79. The zero-order chi connectivity index (χ0) is 12.3. The van der Waals surface area contributed by atoms with Gasteiger partial charge in [-0.25, -0.2) is 0 Å². The molecule has 1 aromatic rings. The Labute approximate surface area is 101 Å². The fourth-order valence-electron chi connectivity index (χ4n) is 1.61. The molecule has 1 fully saturated rings. The van der Waals surface area contributed by atoms with E-state index < -0.39 is 0 Å². The molecule has 0 unspecified atom stereocenters. The average molecular weight is 232 g/mol. The van der Waals surface area contributed by atoms with Crippen LogP contribution in [0.1, 0.15) is 18.4 Å². The van der Waals surface area contributed by atoms with Gasteiger partial charge in [0.25, 0.3) is 0 Å². The van der Waals surface area contributed by atoms with Gasteiger partial charge >= 0.3 is 0 Å². The molecule has 3 heteroatoms. The molecule has 0 atom stereocenters. The Hall–Kier alpha value is -1.77. The van der Waals surface area contributed by atoms with Crippen molar-refractivity contribution >= 4 is 11.9 Å². The first-order valence-electron chi connectivity index (χ1n) is 5.68. The maximum atomic E-state index is 11.5. The second kappa shape index (κ2) is 5.04. The summed E-state index contributed by atoms with van der Waals surface area (Å²) >= 11 is 0. The minimum Gasteiger partial charge on any atom is -0.497 e. The Morgan fingerprint density at radius 1 is 1.18 bits per heavy atom. The highest BCUT2D eigenvalue weighted by Crippen LogP contribution is 2.30. The van der Waals surface area contributed by atoms with Crippen LogP contribution in [0.25, 0.3) is 6.08 Å². The van der Waals surface area contributed by atoms with Crippen molar-refractivity contribution in [1.82, 2.24) is 0 Å². The zero-order valence-corrected chi connectivity index (χ0v) is 10.1. The van der Waals surface area contributed by atoms with Crippen LogP contribution in [0.3, 0.4) is 0 Å². The average Bonchev–Trinajstić information content (AvgIpc) is 3.19. The van der Waals surface area contributed by atoms with Gasteiger partial charge in [0.15, 0.2) is 5.78 Å². The summed E-state index contributed by atoms with van der Waals surface area (Å²) in [5, 5.41) is 0. The summed E-state index contributed by atoms with van der Waals surface area (Å²) in [6.45, 7) is 0. The Morgan fingerprint density at radius 3 is 2.24 bits per heavy atom. The fourth-order valence-corrected chi connectivity index (χ4v) is 1.61. The van der Waals surface area contributed by atoms with E-state index in [1.54, 1.807) is 26.4 Å². The van der Waals surface area contributed by atoms with Gasteiger partial charge in [-0.2, -0.15) is 0 Å². The molecule has 0 heterocycles.